The third kappa shape index (κ3) is 3.32. The predicted octanol–water partition coefficient (Wildman–Crippen LogP) is 5.91. The molecule has 4 heteroatoms. The molecule has 1 unspecified atom stereocenters. The van der Waals surface area contributed by atoms with Crippen molar-refractivity contribution in [1.82, 2.24) is 4.90 Å². The van der Waals surface area contributed by atoms with Crippen molar-refractivity contribution in [2.75, 3.05) is 0 Å². The Labute approximate surface area is 174 Å². The molecule has 0 saturated heterocycles. The van der Waals surface area contributed by atoms with Crippen LogP contribution in [0.2, 0.25) is 0 Å². The zero-order valence-electron chi connectivity index (χ0n) is 15.6. The molecule has 1 atom stereocenters. The second kappa shape index (κ2) is 7.57. The lowest BCUT2D eigenvalue weighted by molar-refractivity contribution is 0.100. The monoisotopic (exact) mass is 394 g/mol. The molecule has 0 amide bonds. The molecule has 2 aliphatic rings. The van der Waals surface area contributed by atoms with Gasteiger partial charge in [0.1, 0.15) is 0 Å². The van der Waals surface area contributed by atoms with Crippen LogP contribution in [-0.4, -0.2) is 15.9 Å². The summed E-state index contributed by atoms with van der Waals surface area (Å²) in [4.78, 5) is 20.2. The van der Waals surface area contributed by atoms with Crippen molar-refractivity contribution in [1.29, 1.82) is 0 Å². The highest BCUT2D eigenvalue weighted by atomic mass is 32.2. The quantitative estimate of drug-likeness (QED) is 0.516. The van der Waals surface area contributed by atoms with Gasteiger partial charge in [-0.15, -0.1) is 0 Å². The van der Waals surface area contributed by atoms with Crippen LogP contribution in [0.3, 0.4) is 0 Å². The number of ketones is 1. The van der Waals surface area contributed by atoms with Gasteiger partial charge in [-0.05, 0) is 17.2 Å². The van der Waals surface area contributed by atoms with E-state index in [9.17, 15) is 4.79 Å². The van der Waals surface area contributed by atoms with E-state index in [0.717, 1.165) is 22.0 Å². The minimum Gasteiger partial charge on any atom is -0.305 e. The molecular formula is C25H18N2OS. The normalized spacial score (nSPS) is 17.9. The van der Waals surface area contributed by atoms with Gasteiger partial charge < -0.3 is 4.90 Å². The molecular weight excluding hydrogens is 376 g/mol. The number of hydrogen-bond donors (Lipinski definition) is 0. The van der Waals surface area contributed by atoms with Crippen LogP contribution in [0.15, 0.2) is 113 Å². The van der Waals surface area contributed by atoms with E-state index >= 15 is 0 Å². The number of amidine groups is 1. The molecule has 29 heavy (non-hydrogen) atoms. The topological polar surface area (TPSA) is 32.7 Å². The lowest BCUT2D eigenvalue weighted by Crippen LogP contribution is -2.33. The molecule has 0 fully saturated rings. The summed E-state index contributed by atoms with van der Waals surface area (Å²) in [6.07, 6.45) is 2.14. The third-order valence-corrected chi connectivity index (χ3v) is 5.87. The Morgan fingerprint density at radius 3 is 2.14 bits per heavy atom. The van der Waals surface area contributed by atoms with Gasteiger partial charge in [0.05, 0.1) is 17.4 Å². The number of fused-ring (bicyclic) bond motifs is 1. The van der Waals surface area contributed by atoms with E-state index in [1.165, 1.54) is 11.8 Å². The van der Waals surface area contributed by atoms with Gasteiger partial charge >= 0.3 is 0 Å². The van der Waals surface area contributed by atoms with Gasteiger partial charge in [-0.25, -0.2) is 4.99 Å². The van der Waals surface area contributed by atoms with Crippen LogP contribution < -0.4 is 0 Å². The summed E-state index contributed by atoms with van der Waals surface area (Å²) in [5.41, 5.74) is 4.48. The van der Waals surface area contributed by atoms with Gasteiger partial charge in [-0.3, -0.25) is 4.79 Å². The zero-order valence-corrected chi connectivity index (χ0v) is 16.4. The second-order valence-corrected chi connectivity index (χ2v) is 7.69. The molecule has 2 heterocycles. The van der Waals surface area contributed by atoms with Crippen LogP contribution in [0.1, 0.15) is 27.5 Å². The molecule has 0 spiro atoms. The number of carbonyl (C=O) groups is 1. The summed E-state index contributed by atoms with van der Waals surface area (Å²) in [5.74, 6) is 0.0146. The van der Waals surface area contributed by atoms with E-state index in [1.54, 1.807) is 0 Å². The molecule has 0 saturated carbocycles. The molecule has 5 rings (SSSR count). The number of nitrogens with zero attached hydrogens (tertiary/aromatic N) is 2. The average molecular weight is 394 g/mol. The largest absolute Gasteiger partial charge is 0.305 e. The van der Waals surface area contributed by atoms with E-state index < -0.39 is 0 Å². The van der Waals surface area contributed by atoms with Gasteiger partial charge in [0, 0.05) is 11.0 Å². The fraction of sp³-hybridized carbons (Fsp3) is 0.0400. The third-order valence-electron chi connectivity index (χ3n) is 5.03. The molecule has 140 valence electrons. The molecule has 0 bridgehead atoms. The number of thioether (sulfide) groups is 1. The zero-order chi connectivity index (χ0) is 19.6. The van der Waals surface area contributed by atoms with Crippen LogP contribution in [0.5, 0.6) is 0 Å². The number of hydrogen-bond acceptors (Lipinski definition) is 4. The first-order valence-corrected chi connectivity index (χ1v) is 10.4. The van der Waals surface area contributed by atoms with Crippen molar-refractivity contribution in [2.45, 2.75) is 6.04 Å². The average Bonchev–Trinajstić information content (AvgIpc) is 3.24. The van der Waals surface area contributed by atoms with Gasteiger partial charge in [-0.2, -0.15) is 0 Å². The lowest BCUT2D eigenvalue weighted by atomic mass is 9.99. The van der Waals surface area contributed by atoms with Crippen LogP contribution in [0.4, 0.5) is 0 Å². The molecule has 3 aromatic rings. The highest BCUT2D eigenvalue weighted by Crippen LogP contribution is 2.42. The van der Waals surface area contributed by atoms with Crippen molar-refractivity contribution in [3.63, 3.8) is 0 Å². The Balaban J connectivity index is 1.58. The standard InChI is InChI=1S/C25H18N2OS/c28-24(20-14-8-3-9-15-20)23-17-29-25-26-21(18-10-4-1-5-11-18)16-22(27(23)25)19-12-6-2-7-13-19/h1-17,22H. The maximum atomic E-state index is 13.2. The SMILES string of the molecule is O=C(C1=CSC2=NC(c3ccccc3)=CC(c3ccccc3)N12)c1ccccc1. The van der Waals surface area contributed by atoms with E-state index in [-0.39, 0.29) is 11.8 Å². The number of aliphatic imine (C=N–C) groups is 1. The first-order valence-electron chi connectivity index (χ1n) is 9.48. The summed E-state index contributed by atoms with van der Waals surface area (Å²) >= 11 is 1.51. The van der Waals surface area contributed by atoms with Crippen LogP contribution >= 0.6 is 11.8 Å². The minimum atomic E-state index is -0.0900. The molecule has 0 aromatic heterocycles. The Morgan fingerprint density at radius 2 is 1.45 bits per heavy atom. The fourth-order valence-electron chi connectivity index (χ4n) is 3.60. The Kier molecular flexibility index (Phi) is 4.62. The number of benzene rings is 3. The van der Waals surface area contributed by atoms with Crippen molar-refractivity contribution >= 4 is 28.4 Å². The van der Waals surface area contributed by atoms with Gasteiger partial charge in [0.15, 0.2) is 5.17 Å². The van der Waals surface area contributed by atoms with Crippen molar-refractivity contribution in [3.05, 3.63) is 125 Å². The summed E-state index contributed by atoms with van der Waals surface area (Å²) < 4.78 is 0. The Hall–Kier alpha value is -3.37. The lowest BCUT2D eigenvalue weighted by Gasteiger charge is -2.33. The van der Waals surface area contributed by atoms with E-state index in [4.69, 9.17) is 4.99 Å². The number of rotatable bonds is 4. The summed E-state index contributed by atoms with van der Waals surface area (Å²) in [6, 6.07) is 29.8. The second-order valence-electron chi connectivity index (χ2n) is 6.85. The number of carbonyl (C=O) groups excluding carboxylic acids is 1. The highest BCUT2D eigenvalue weighted by Gasteiger charge is 2.36. The fourth-order valence-corrected chi connectivity index (χ4v) is 4.52. The predicted molar refractivity (Wildman–Crippen MR) is 119 cm³/mol. The van der Waals surface area contributed by atoms with Crippen molar-refractivity contribution in [2.24, 2.45) is 4.99 Å². The van der Waals surface area contributed by atoms with Gasteiger partial charge in [0.2, 0.25) is 5.78 Å². The first-order chi connectivity index (χ1) is 14.3. The highest BCUT2D eigenvalue weighted by molar-refractivity contribution is 8.16. The Morgan fingerprint density at radius 1 is 0.828 bits per heavy atom. The molecule has 0 radical (unpaired) electrons. The van der Waals surface area contributed by atoms with E-state index in [0.29, 0.717) is 11.3 Å². The smallest absolute Gasteiger partial charge is 0.210 e. The van der Waals surface area contributed by atoms with Crippen molar-refractivity contribution in [3.8, 4) is 0 Å². The summed E-state index contributed by atoms with van der Waals surface area (Å²) in [6.45, 7) is 0. The van der Waals surface area contributed by atoms with Gasteiger partial charge in [0.25, 0.3) is 0 Å². The molecule has 3 aromatic carbocycles. The number of allylic oxidation sites excluding steroid dienone is 1. The number of Topliss-reactive ketones (excluding diaryl/α,β-unsaturated/α-hetero) is 1. The van der Waals surface area contributed by atoms with E-state index in [1.807, 2.05) is 72.1 Å². The van der Waals surface area contributed by atoms with Crippen LogP contribution in [-0.2, 0) is 0 Å². The first kappa shape index (κ1) is 17.7. The van der Waals surface area contributed by atoms with E-state index in [2.05, 4.69) is 35.2 Å². The summed E-state index contributed by atoms with van der Waals surface area (Å²) in [7, 11) is 0. The molecule has 0 N–H and O–H groups in total. The molecule has 2 aliphatic heterocycles. The van der Waals surface area contributed by atoms with Crippen molar-refractivity contribution < 1.29 is 4.79 Å². The maximum Gasteiger partial charge on any atom is 0.210 e. The van der Waals surface area contributed by atoms with Crippen LogP contribution in [0, 0.1) is 0 Å². The summed E-state index contributed by atoms with van der Waals surface area (Å²) in [5, 5.41) is 2.76. The Bertz CT molecular complexity index is 1140. The minimum absolute atomic E-state index is 0.0146. The van der Waals surface area contributed by atoms with Gasteiger partial charge in [-0.1, -0.05) is 103 Å². The maximum absolute atomic E-state index is 13.2. The molecule has 0 aliphatic carbocycles. The van der Waals surface area contributed by atoms with Crippen LogP contribution in [0.25, 0.3) is 5.70 Å². The molecule has 3 nitrogen and oxygen atoms in total.